The lowest BCUT2D eigenvalue weighted by Gasteiger charge is -2.19. The zero-order chi connectivity index (χ0) is 15.9. The van der Waals surface area contributed by atoms with E-state index in [4.69, 9.17) is 0 Å². The number of carbonyl (C=O) groups excluding carboxylic acids is 2. The zero-order valence-electron chi connectivity index (χ0n) is 11.7. The van der Waals surface area contributed by atoms with Gasteiger partial charge in [-0.2, -0.15) is 0 Å². The molecule has 1 aromatic rings. The minimum absolute atomic E-state index is 0.132. The number of halogens is 2. The predicted octanol–water partition coefficient (Wildman–Crippen LogP) is 1.95. The number of allylic oxidation sites excluding steroid dienone is 2. The minimum Gasteiger partial charge on any atom is -0.387 e. The van der Waals surface area contributed by atoms with E-state index in [9.17, 15) is 23.5 Å². The van der Waals surface area contributed by atoms with Gasteiger partial charge in [-0.05, 0) is 30.5 Å². The van der Waals surface area contributed by atoms with Gasteiger partial charge in [0.15, 0.2) is 11.6 Å². The second-order valence-corrected chi connectivity index (χ2v) is 5.63. The number of likely N-dealkylation sites (tertiary alicyclic amines) is 1. The fraction of sp³-hybridized carbons (Fsp3) is 0.375. The number of β-amino-alcohol motifs (C(OH)–C–C–N with tert-alkyl or cyclic N) is 1. The molecule has 22 heavy (non-hydrogen) atoms. The van der Waals surface area contributed by atoms with Gasteiger partial charge in [0.2, 0.25) is 11.8 Å². The van der Waals surface area contributed by atoms with Crippen LogP contribution in [0.1, 0.15) is 24.5 Å². The molecular weight excluding hydrogens is 292 g/mol. The maximum atomic E-state index is 13.2. The van der Waals surface area contributed by atoms with Gasteiger partial charge >= 0.3 is 0 Å². The van der Waals surface area contributed by atoms with E-state index in [0.717, 1.165) is 17.0 Å². The van der Waals surface area contributed by atoms with Gasteiger partial charge in [0.1, 0.15) is 0 Å². The number of hydrogen-bond acceptors (Lipinski definition) is 3. The van der Waals surface area contributed by atoms with Crippen molar-refractivity contribution in [3.05, 3.63) is 47.5 Å². The Labute approximate surface area is 126 Å². The molecule has 1 heterocycles. The Hall–Kier alpha value is -2.08. The normalized spacial score (nSPS) is 25.5. The highest BCUT2D eigenvalue weighted by molar-refractivity contribution is 6.05. The van der Waals surface area contributed by atoms with E-state index in [1.165, 1.54) is 6.07 Å². The number of benzene rings is 1. The first-order valence-electron chi connectivity index (χ1n) is 7.12. The first-order valence-corrected chi connectivity index (χ1v) is 7.12. The number of aliphatic hydroxyl groups excluding tert-OH is 1. The number of hydrogen-bond donors (Lipinski definition) is 1. The van der Waals surface area contributed by atoms with Gasteiger partial charge < -0.3 is 5.11 Å². The Morgan fingerprint density at radius 1 is 1.09 bits per heavy atom. The van der Waals surface area contributed by atoms with E-state index in [0.29, 0.717) is 12.8 Å². The van der Waals surface area contributed by atoms with Crippen molar-refractivity contribution in [2.45, 2.75) is 18.9 Å². The van der Waals surface area contributed by atoms with Crippen molar-refractivity contribution < 1.29 is 23.5 Å². The van der Waals surface area contributed by atoms with Crippen LogP contribution in [0.3, 0.4) is 0 Å². The molecule has 0 radical (unpaired) electrons. The van der Waals surface area contributed by atoms with E-state index in [1.54, 1.807) is 0 Å². The minimum atomic E-state index is -1.24. The molecule has 2 aliphatic rings. The number of amides is 2. The molecule has 1 aromatic carbocycles. The van der Waals surface area contributed by atoms with Crippen LogP contribution in [-0.4, -0.2) is 28.4 Å². The molecule has 2 amide bonds. The Bertz CT molecular complexity index is 633. The van der Waals surface area contributed by atoms with Crippen molar-refractivity contribution >= 4 is 11.8 Å². The van der Waals surface area contributed by atoms with Crippen molar-refractivity contribution in [2.75, 3.05) is 6.54 Å². The maximum absolute atomic E-state index is 13.2. The van der Waals surface area contributed by atoms with Crippen molar-refractivity contribution in [2.24, 2.45) is 11.8 Å². The third-order valence-electron chi connectivity index (χ3n) is 4.28. The van der Waals surface area contributed by atoms with E-state index in [2.05, 4.69) is 0 Å². The van der Waals surface area contributed by atoms with Crippen molar-refractivity contribution in [3.63, 3.8) is 0 Å². The molecule has 1 aliphatic carbocycles. The highest BCUT2D eigenvalue weighted by Gasteiger charge is 2.47. The second-order valence-electron chi connectivity index (χ2n) is 5.63. The van der Waals surface area contributed by atoms with Gasteiger partial charge in [-0.3, -0.25) is 14.5 Å². The van der Waals surface area contributed by atoms with E-state index >= 15 is 0 Å². The summed E-state index contributed by atoms with van der Waals surface area (Å²) in [5, 5.41) is 10.1. The largest absolute Gasteiger partial charge is 0.387 e. The van der Waals surface area contributed by atoms with Crippen molar-refractivity contribution in [1.82, 2.24) is 4.90 Å². The molecule has 1 N–H and O–H groups in total. The van der Waals surface area contributed by atoms with Gasteiger partial charge in [-0.25, -0.2) is 8.78 Å². The summed E-state index contributed by atoms with van der Waals surface area (Å²) in [5.41, 5.74) is 0.132. The Morgan fingerprint density at radius 3 is 2.23 bits per heavy atom. The molecule has 1 saturated heterocycles. The Morgan fingerprint density at radius 2 is 1.68 bits per heavy atom. The van der Waals surface area contributed by atoms with Gasteiger partial charge in [-0.1, -0.05) is 18.2 Å². The van der Waals surface area contributed by atoms with Gasteiger partial charge in [-0.15, -0.1) is 0 Å². The molecular formula is C16H15F2NO3. The predicted molar refractivity (Wildman–Crippen MR) is 73.4 cm³/mol. The fourth-order valence-electron chi connectivity index (χ4n) is 3.05. The van der Waals surface area contributed by atoms with Crippen molar-refractivity contribution in [1.29, 1.82) is 0 Å². The topological polar surface area (TPSA) is 57.6 Å². The molecule has 3 atom stereocenters. The van der Waals surface area contributed by atoms with E-state index in [-0.39, 0.29) is 35.8 Å². The Kier molecular flexibility index (Phi) is 3.78. The summed E-state index contributed by atoms with van der Waals surface area (Å²) in [6.07, 6.45) is 3.56. The van der Waals surface area contributed by atoms with Gasteiger partial charge in [0.25, 0.3) is 0 Å². The highest BCUT2D eigenvalue weighted by Crippen LogP contribution is 2.35. The SMILES string of the molecule is O=C1C2CC=CCC2C(=O)N1CC(O)c1ccc(F)c(F)c1. The van der Waals surface area contributed by atoms with Crippen LogP contribution < -0.4 is 0 Å². The van der Waals surface area contributed by atoms with Crippen LogP contribution >= 0.6 is 0 Å². The molecule has 0 spiro atoms. The molecule has 3 unspecified atom stereocenters. The lowest BCUT2D eigenvalue weighted by atomic mass is 9.85. The lowest BCUT2D eigenvalue weighted by Crippen LogP contribution is -2.35. The first-order chi connectivity index (χ1) is 10.5. The number of aliphatic hydroxyl groups is 1. The van der Waals surface area contributed by atoms with Crippen LogP contribution in [0.15, 0.2) is 30.4 Å². The highest BCUT2D eigenvalue weighted by atomic mass is 19.2. The summed E-state index contributed by atoms with van der Waals surface area (Å²) >= 11 is 0. The van der Waals surface area contributed by atoms with Gasteiger partial charge in [0.05, 0.1) is 24.5 Å². The first kappa shape index (κ1) is 14.8. The Balaban J connectivity index is 1.76. The maximum Gasteiger partial charge on any atom is 0.233 e. The third-order valence-corrected chi connectivity index (χ3v) is 4.28. The number of nitrogens with zero attached hydrogens (tertiary/aromatic N) is 1. The monoisotopic (exact) mass is 307 g/mol. The lowest BCUT2D eigenvalue weighted by molar-refractivity contribution is -0.141. The summed E-state index contributed by atoms with van der Waals surface area (Å²) in [6, 6.07) is 3.02. The average Bonchev–Trinajstić information content (AvgIpc) is 2.75. The van der Waals surface area contributed by atoms with Crippen LogP contribution in [0.2, 0.25) is 0 Å². The second kappa shape index (κ2) is 5.61. The third kappa shape index (κ3) is 2.43. The van der Waals surface area contributed by atoms with Crippen LogP contribution in [0.5, 0.6) is 0 Å². The van der Waals surface area contributed by atoms with Crippen LogP contribution in [0.25, 0.3) is 0 Å². The number of carbonyl (C=O) groups is 2. The number of fused-ring (bicyclic) bond motifs is 1. The quantitative estimate of drug-likeness (QED) is 0.686. The summed E-state index contributed by atoms with van der Waals surface area (Å²) in [4.78, 5) is 25.6. The fourth-order valence-corrected chi connectivity index (χ4v) is 3.05. The molecule has 116 valence electrons. The molecule has 0 saturated carbocycles. The van der Waals surface area contributed by atoms with Crippen LogP contribution in [0.4, 0.5) is 8.78 Å². The van der Waals surface area contributed by atoms with E-state index in [1.807, 2.05) is 12.2 Å². The molecule has 3 rings (SSSR count). The van der Waals surface area contributed by atoms with E-state index < -0.39 is 17.7 Å². The molecule has 0 bridgehead atoms. The number of rotatable bonds is 3. The summed E-state index contributed by atoms with van der Waals surface area (Å²) in [6.45, 7) is -0.240. The summed E-state index contributed by atoms with van der Waals surface area (Å²) in [7, 11) is 0. The summed E-state index contributed by atoms with van der Waals surface area (Å²) < 4.78 is 26.1. The average molecular weight is 307 g/mol. The summed E-state index contributed by atoms with van der Waals surface area (Å²) in [5.74, 6) is -3.43. The molecule has 1 aliphatic heterocycles. The van der Waals surface area contributed by atoms with Crippen molar-refractivity contribution in [3.8, 4) is 0 Å². The van der Waals surface area contributed by atoms with Gasteiger partial charge in [0, 0.05) is 0 Å². The molecule has 0 aromatic heterocycles. The molecule has 4 nitrogen and oxygen atoms in total. The smallest absolute Gasteiger partial charge is 0.233 e. The van der Waals surface area contributed by atoms with Crippen LogP contribution in [0, 0.1) is 23.5 Å². The molecule has 1 fully saturated rings. The zero-order valence-corrected chi connectivity index (χ0v) is 11.7. The molecule has 6 heteroatoms. The van der Waals surface area contributed by atoms with Crippen LogP contribution in [-0.2, 0) is 9.59 Å². The standard InChI is InChI=1S/C16H15F2NO3/c17-12-6-5-9(7-13(12)18)14(20)8-19-15(21)10-3-1-2-4-11(10)16(19)22/h1-2,5-7,10-11,14,20H,3-4,8H2. The number of imide groups is 1.